The largest absolute Gasteiger partial charge is 0.493 e. The number of hydrogen-bond acceptors (Lipinski definition) is 2. The van der Waals surface area contributed by atoms with E-state index in [1.165, 1.54) is 16.7 Å². The Morgan fingerprint density at radius 3 is 2.52 bits per heavy atom. The number of fused-ring (bicyclic) bond motifs is 1. The van der Waals surface area contributed by atoms with Gasteiger partial charge in [-0.1, -0.05) is 46.3 Å². The second-order valence-corrected chi connectivity index (χ2v) is 6.52. The Balaban J connectivity index is 2.07. The fraction of sp³-hybridized carbons (Fsp3) is 0.333. The highest BCUT2D eigenvalue weighted by Crippen LogP contribution is 2.42. The van der Waals surface area contributed by atoms with Gasteiger partial charge in [0.2, 0.25) is 0 Å². The molecule has 3 heteroatoms. The van der Waals surface area contributed by atoms with Gasteiger partial charge >= 0.3 is 0 Å². The van der Waals surface area contributed by atoms with Gasteiger partial charge < -0.3 is 9.47 Å². The van der Waals surface area contributed by atoms with Crippen LogP contribution in [0.4, 0.5) is 0 Å². The van der Waals surface area contributed by atoms with Gasteiger partial charge in [-0.15, -0.1) is 0 Å². The monoisotopic (exact) mass is 346 g/mol. The van der Waals surface area contributed by atoms with Gasteiger partial charge in [0.1, 0.15) is 0 Å². The van der Waals surface area contributed by atoms with Gasteiger partial charge in [0.05, 0.1) is 14.2 Å². The molecule has 0 spiro atoms. The lowest BCUT2D eigenvalue weighted by Gasteiger charge is -2.31. The van der Waals surface area contributed by atoms with E-state index in [2.05, 4.69) is 52.3 Å². The summed E-state index contributed by atoms with van der Waals surface area (Å²) in [4.78, 5) is 0.450. The average molecular weight is 347 g/mol. The van der Waals surface area contributed by atoms with Gasteiger partial charge in [0.25, 0.3) is 0 Å². The molecule has 0 fully saturated rings. The van der Waals surface area contributed by atoms with Crippen LogP contribution in [0.15, 0.2) is 42.5 Å². The number of benzene rings is 2. The van der Waals surface area contributed by atoms with Gasteiger partial charge in [-0.3, -0.25) is 0 Å². The van der Waals surface area contributed by atoms with E-state index in [0.29, 0.717) is 10.7 Å². The molecule has 0 unspecified atom stereocenters. The fourth-order valence-electron chi connectivity index (χ4n) is 3.15. The quantitative estimate of drug-likeness (QED) is 0.759. The summed E-state index contributed by atoms with van der Waals surface area (Å²) in [5, 5.41) is 0. The van der Waals surface area contributed by atoms with Crippen LogP contribution in [0.2, 0.25) is 0 Å². The number of halogens is 1. The molecule has 0 radical (unpaired) electrons. The van der Waals surface area contributed by atoms with Gasteiger partial charge in [0, 0.05) is 10.7 Å². The van der Waals surface area contributed by atoms with Crippen LogP contribution in [0.5, 0.6) is 11.5 Å². The molecule has 110 valence electrons. The molecular formula is C18H19BrO2. The highest BCUT2D eigenvalue weighted by molar-refractivity contribution is 9.09. The van der Waals surface area contributed by atoms with Crippen molar-refractivity contribution in [2.75, 3.05) is 14.2 Å². The van der Waals surface area contributed by atoms with E-state index in [1.54, 1.807) is 14.2 Å². The molecule has 0 amide bonds. The van der Waals surface area contributed by atoms with Crippen LogP contribution in [-0.2, 0) is 6.42 Å². The van der Waals surface area contributed by atoms with Crippen molar-refractivity contribution in [2.45, 2.75) is 23.6 Å². The Kier molecular flexibility index (Phi) is 4.20. The van der Waals surface area contributed by atoms with Crippen molar-refractivity contribution in [3.63, 3.8) is 0 Å². The third-order valence-electron chi connectivity index (χ3n) is 4.21. The third kappa shape index (κ3) is 2.67. The van der Waals surface area contributed by atoms with Crippen molar-refractivity contribution in [1.29, 1.82) is 0 Å². The minimum Gasteiger partial charge on any atom is -0.493 e. The summed E-state index contributed by atoms with van der Waals surface area (Å²) in [6, 6.07) is 15.0. The van der Waals surface area contributed by atoms with Crippen molar-refractivity contribution < 1.29 is 9.47 Å². The second kappa shape index (κ2) is 6.10. The molecule has 1 aliphatic rings. The van der Waals surface area contributed by atoms with Crippen LogP contribution in [-0.4, -0.2) is 19.0 Å². The fourth-order valence-corrected chi connectivity index (χ4v) is 3.97. The van der Waals surface area contributed by atoms with Crippen molar-refractivity contribution in [3.05, 3.63) is 59.2 Å². The molecule has 0 aromatic heterocycles. The van der Waals surface area contributed by atoms with Gasteiger partial charge in [-0.25, -0.2) is 0 Å². The highest BCUT2D eigenvalue weighted by Gasteiger charge is 2.29. The lowest BCUT2D eigenvalue weighted by atomic mass is 9.79. The number of methoxy groups -OCH3 is 2. The summed E-state index contributed by atoms with van der Waals surface area (Å²) < 4.78 is 10.8. The summed E-state index contributed by atoms with van der Waals surface area (Å²) in [6.45, 7) is 0. The van der Waals surface area contributed by atoms with Crippen LogP contribution < -0.4 is 9.47 Å². The Bertz CT molecular complexity index is 639. The highest BCUT2D eigenvalue weighted by atomic mass is 79.9. The Morgan fingerprint density at radius 2 is 1.76 bits per heavy atom. The summed E-state index contributed by atoms with van der Waals surface area (Å²) in [7, 11) is 3.35. The topological polar surface area (TPSA) is 18.5 Å². The molecule has 0 saturated carbocycles. The minimum atomic E-state index is 0.356. The molecule has 21 heavy (non-hydrogen) atoms. The van der Waals surface area contributed by atoms with Gasteiger partial charge in [0.15, 0.2) is 11.5 Å². The number of hydrogen-bond donors (Lipinski definition) is 0. The Labute approximate surface area is 134 Å². The third-order valence-corrected chi connectivity index (χ3v) is 5.19. The normalized spacial score (nSPS) is 20.7. The van der Waals surface area contributed by atoms with E-state index < -0.39 is 0 Å². The smallest absolute Gasteiger partial charge is 0.161 e. The molecular weight excluding hydrogens is 328 g/mol. The summed E-state index contributed by atoms with van der Waals surface area (Å²) in [6.07, 6.45) is 2.28. The van der Waals surface area contributed by atoms with Gasteiger partial charge in [-0.05, 0) is 41.7 Å². The van der Waals surface area contributed by atoms with Crippen LogP contribution in [0.25, 0.3) is 0 Å². The summed E-state index contributed by atoms with van der Waals surface area (Å²) in [5.41, 5.74) is 4.13. The van der Waals surface area contributed by atoms with Crippen molar-refractivity contribution in [2.24, 2.45) is 0 Å². The van der Waals surface area contributed by atoms with Crippen LogP contribution in [0, 0.1) is 0 Å². The Morgan fingerprint density at radius 1 is 1.00 bits per heavy atom. The first-order valence-electron chi connectivity index (χ1n) is 7.18. The molecule has 0 saturated heterocycles. The first-order valence-corrected chi connectivity index (χ1v) is 8.10. The van der Waals surface area contributed by atoms with E-state index in [4.69, 9.17) is 9.47 Å². The summed E-state index contributed by atoms with van der Waals surface area (Å²) in [5.74, 6) is 1.92. The molecule has 1 aliphatic carbocycles. The van der Waals surface area contributed by atoms with Crippen LogP contribution in [0.3, 0.4) is 0 Å². The molecule has 0 heterocycles. The average Bonchev–Trinajstić information content (AvgIpc) is 2.54. The molecule has 3 rings (SSSR count). The SMILES string of the molecule is COc1ccc([C@@H]2c3ccccc3CC[C@H]2Br)cc1OC. The maximum atomic E-state index is 5.45. The number of aryl methyl sites for hydroxylation is 1. The van der Waals surface area contributed by atoms with E-state index in [0.717, 1.165) is 24.3 Å². The second-order valence-electron chi connectivity index (χ2n) is 5.35. The summed E-state index contributed by atoms with van der Waals surface area (Å²) >= 11 is 3.87. The number of ether oxygens (including phenoxy) is 2. The molecule has 2 atom stereocenters. The van der Waals surface area contributed by atoms with Crippen molar-refractivity contribution in [3.8, 4) is 11.5 Å². The maximum Gasteiger partial charge on any atom is 0.161 e. The van der Waals surface area contributed by atoms with Crippen LogP contribution >= 0.6 is 15.9 Å². The van der Waals surface area contributed by atoms with Gasteiger partial charge in [-0.2, -0.15) is 0 Å². The zero-order chi connectivity index (χ0) is 14.8. The molecule has 0 bridgehead atoms. The van der Waals surface area contributed by atoms with E-state index in [-0.39, 0.29) is 0 Å². The minimum absolute atomic E-state index is 0.356. The standard InChI is InChI=1S/C18H19BrO2/c1-20-16-10-8-13(11-17(16)21-2)18-14-6-4-3-5-12(14)7-9-15(18)19/h3-6,8,10-11,15,18H,7,9H2,1-2H3/t15-,18-/m1/s1. The first kappa shape index (κ1) is 14.5. The predicted octanol–water partition coefficient (Wildman–Crippen LogP) is 4.55. The van der Waals surface area contributed by atoms with Crippen molar-refractivity contribution in [1.82, 2.24) is 0 Å². The number of rotatable bonds is 3. The zero-order valence-electron chi connectivity index (χ0n) is 12.3. The first-order chi connectivity index (χ1) is 10.2. The lowest BCUT2D eigenvalue weighted by molar-refractivity contribution is 0.354. The lowest BCUT2D eigenvalue weighted by Crippen LogP contribution is -2.21. The maximum absolute atomic E-state index is 5.45. The molecule has 0 N–H and O–H groups in total. The van der Waals surface area contributed by atoms with Crippen molar-refractivity contribution >= 4 is 15.9 Å². The molecule has 2 aromatic carbocycles. The van der Waals surface area contributed by atoms with Crippen LogP contribution in [0.1, 0.15) is 29.0 Å². The van der Waals surface area contributed by atoms with E-state index in [9.17, 15) is 0 Å². The predicted molar refractivity (Wildman–Crippen MR) is 88.9 cm³/mol. The Hall–Kier alpha value is -1.48. The number of alkyl halides is 1. The van der Waals surface area contributed by atoms with E-state index >= 15 is 0 Å². The molecule has 0 aliphatic heterocycles. The zero-order valence-corrected chi connectivity index (χ0v) is 13.9. The molecule has 2 nitrogen and oxygen atoms in total. The molecule has 2 aromatic rings. The van der Waals surface area contributed by atoms with E-state index in [1.807, 2.05) is 6.07 Å².